The number of hydrogen-bond acceptors (Lipinski definition) is 3. The molecule has 0 amide bonds. The highest BCUT2D eigenvalue weighted by atomic mass is 79.9. The third-order valence-electron chi connectivity index (χ3n) is 3.08. The van der Waals surface area contributed by atoms with Crippen LogP contribution in [-0.4, -0.2) is 38.3 Å². The quantitative estimate of drug-likeness (QED) is 0.793. The molecule has 1 unspecified atom stereocenters. The molecule has 0 aliphatic carbocycles. The smallest absolute Gasteiger partial charge is 0.243 e. The van der Waals surface area contributed by atoms with E-state index >= 15 is 0 Å². The van der Waals surface area contributed by atoms with Gasteiger partial charge in [-0.2, -0.15) is 4.31 Å². The second kappa shape index (κ2) is 5.69. The number of benzene rings is 1. The van der Waals surface area contributed by atoms with Crippen molar-refractivity contribution in [1.29, 1.82) is 0 Å². The van der Waals surface area contributed by atoms with Gasteiger partial charge in [0.05, 0.1) is 11.0 Å². The molecule has 0 spiro atoms. The van der Waals surface area contributed by atoms with Crippen LogP contribution in [0, 0.1) is 0 Å². The normalized spacial score (nSPS) is 22.7. The Bertz CT molecular complexity index is 518. The van der Waals surface area contributed by atoms with E-state index in [-0.39, 0.29) is 6.10 Å². The van der Waals surface area contributed by atoms with Crippen LogP contribution in [0.2, 0.25) is 0 Å². The molecule has 1 heterocycles. The molecule has 100 valence electrons. The van der Waals surface area contributed by atoms with Crippen molar-refractivity contribution >= 4 is 26.0 Å². The Morgan fingerprint density at radius 3 is 2.83 bits per heavy atom. The highest BCUT2D eigenvalue weighted by Crippen LogP contribution is 2.33. The summed E-state index contributed by atoms with van der Waals surface area (Å²) in [5, 5.41) is 0.790. The zero-order valence-corrected chi connectivity index (χ0v) is 12.6. The maximum atomic E-state index is 12.4. The summed E-state index contributed by atoms with van der Waals surface area (Å²) in [6.45, 7) is 0.907. The molecule has 0 saturated carbocycles. The molecule has 1 atom stereocenters. The predicted octanol–water partition coefficient (Wildman–Crippen LogP) is 2.16. The Morgan fingerprint density at radius 2 is 2.17 bits per heavy atom. The lowest BCUT2D eigenvalue weighted by Gasteiger charge is -2.33. The van der Waals surface area contributed by atoms with Crippen LogP contribution in [0.25, 0.3) is 0 Å². The van der Waals surface area contributed by atoms with E-state index in [0.717, 1.165) is 17.3 Å². The first-order valence-electron chi connectivity index (χ1n) is 5.79. The molecule has 18 heavy (non-hydrogen) atoms. The van der Waals surface area contributed by atoms with Crippen molar-refractivity contribution in [2.24, 2.45) is 0 Å². The highest BCUT2D eigenvalue weighted by Gasteiger charge is 2.36. The van der Waals surface area contributed by atoms with Crippen molar-refractivity contribution in [3.05, 3.63) is 29.8 Å². The molecule has 0 bridgehead atoms. The van der Waals surface area contributed by atoms with E-state index < -0.39 is 10.0 Å². The van der Waals surface area contributed by atoms with E-state index in [2.05, 4.69) is 15.9 Å². The Kier molecular flexibility index (Phi) is 4.42. The van der Waals surface area contributed by atoms with Gasteiger partial charge in [-0.1, -0.05) is 34.1 Å². The first-order valence-corrected chi connectivity index (χ1v) is 8.35. The van der Waals surface area contributed by atoms with Crippen LogP contribution in [0.1, 0.15) is 18.1 Å². The SMILES string of the molecule is COC1CN(CCCBr)S(=O)(=O)c2ccccc21. The lowest BCUT2D eigenvalue weighted by molar-refractivity contribution is 0.0780. The number of alkyl halides is 1. The van der Waals surface area contributed by atoms with Gasteiger partial charge in [0.15, 0.2) is 0 Å². The van der Waals surface area contributed by atoms with Gasteiger partial charge in [-0.15, -0.1) is 0 Å². The van der Waals surface area contributed by atoms with Gasteiger partial charge >= 0.3 is 0 Å². The van der Waals surface area contributed by atoms with Crippen LogP contribution < -0.4 is 0 Å². The third kappa shape index (κ3) is 2.47. The molecule has 0 radical (unpaired) electrons. The molecule has 0 saturated heterocycles. The molecule has 4 nitrogen and oxygen atoms in total. The number of hydrogen-bond donors (Lipinski definition) is 0. The van der Waals surface area contributed by atoms with E-state index in [9.17, 15) is 8.42 Å². The summed E-state index contributed by atoms with van der Waals surface area (Å²) in [7, 11) is -1.75. The maximum Gasteiger partial charge on any atom is 0.243 e. The monoisotopic (exact) mass is 333 g/mol. The fourth-order valence-corrected chi connectivity index (χ4v) is 4.13. The lowest BCUT2D eigenvalue weighted by atomic mass is 10.1. The first kappa shape index (κ1) is 14.0. The average Bonchev–Trinajstić information content (AvgIpc) is 2.38. The van der Waals surface area contributed by atoms with Gasteiger partial charge in [0.1, 0.15) is 0 Å². The number of rotatable bonds is 4. The largest absolute Gasteiger partial charge is 0.375 e. The van der Waals surface area contributed by atoms with Crippen LogP contribution in [0.3, 0.4) is 0 Å². The first-order chi connectivity index (χ1) is 8.61. The summed E-state index contributed by atoms with van der Waals surface area (Å²) in [6, 6.07) is 7.06. The second-order valence-corrected chi connectivity index (χ2v) is 6.87. The van der Waals surface area contributed by atoms with E-state index in [1.165, 1.54) is 4.31 Å². The Hall–Kier alpha value is -0.430. The van der Waals surface area contributed by atoms with Crippen LogP contribution in [-0.2, 0) is 14.8 Å². The number of sulfonamides is 1. The van der Waals surface area contributed by atoms with E-state index in [1.54, 1.807) is 19.2 Å². The Balaban J connectivity index is 2.42. The van der Waals surface area contributed by atoms with Gasteiger partial charge in [0, 0.05) is 31.1 Å². The number of methoxy groups -OCH3 is 1. The fraction of sp³-hybridized carbons (Fsp3) is 0.500. The van der Waals surface area contributed by atoms with Gasteiger partial charge in [-0.3, -0.25) is 0 Å². The van der Waals surface area contributed by atoms with Gasteiger partial charge in [-0.05, 0) is 12.5 Å². The molecule has 1 aromatic carbocycles. The fourth-order valence-electron chi connectivity index (χ4n) is 2.15. The molecule has 6 heteroatoms. The van der Waals surface area contributed by atoms with Crippen molar-refractivity contribution in [2.45, 2.75) is 17.4 Å². The molecular weight excluding hydrogens is 318 g/mol. The highest BCUT2D eigenvalue weighted by molar-refractivity contribution is 9.09. The topological polar surface area (TPSA) is 46.6 Å². The van der Waals surface area contributed by atoms with Crippen LogP contribution in [0.5, 0.6) is 0 Å². The second-order valence-electron chi connectivity index (χ2n) is 4.17. The minimum absolute atomic E-state index is 0.181. The maximum absolute atomic E-state index is 12.4. The standard InChI is InChI=1S/C12H16BrNO3S/c1-17-11-9-14(8-4-7-13)18(15,16)12-6-3-2-5-10(11)12/h2-3,5-6,11H,4,7-9H2,1H3. The van der Waals surface area contributed by atoms with Crippen molar-refractivity contribution < 1.29 is 13.2 Å². The summed E-state index contributed by atoms with van der Waals surface area (Å²) >= 11 is 3.32. The molecule has 1 aliphatic rings. The minimum atomic E-state index is -3.37. The number of fused-ring (bicyclic) bond motifs is 1. The molecule has 0 fully saturated rings. The summed E-state index contributed by atoms with van der Waals surface area (Å²) in [6.07, 6.45) is 0.609. The van der Waals surface area contributed by atoms with Gasteiger partial charge in [0.25, 0.3) is 0 Å². The number of ether oxygens (including phenoxy) is 1. The average molecular weight is 334 g/mol. The summed E-state index contributed by atoms with van der Waals surface area (Å²) in [5.41, 5.74) is 0.759. The minimum Gasteiger partial charge on any atom is -0.375 e. The zero-order chi connectivity index (χ0) is 13.2. The van der Waals surface area contributed by atoms with Crippen molar-refractivity contribution in [3.63, 3.8) is 0 Å². The van der Waals surface area contributed by atoms with E-state index in [4.69, 9.17) is 4.74 Å². The molecular formula is C12H16BrNO3S. The summed E-state index contributed by atoms with van der Waals surface area (Å²) in [4.78, 5) is 0.373. The van der Waals surface area contributed by atoms with Crippen LogP contribution in [0.15, 0.2) is 29.2 Å². The van der Waals surface area contributed by atoms with Gasteiger partial charge in [0.2, 0.25) is 10.0 Å². The van der Waals surface area contributed by atoms with Crippen molar-refractivity contribution in [2.75, 3.05) is 25.5 Å². The molecule has 2 rings (SSSR count). The predicted molar refractivity (Wildman–Crippen MR) is 73.4 cm³/mol. The van der Waals surface area contributed by atoms with Crippen LogP contribution >= 0.6 is 15.9 Å². The van der Waals surface area contributed by atoms with Gasteiger partial charge in [-0.25, -0.2) is 8.42 Å². The van der Waals surface area contributed by atoms with E-state index in [1.807, 2.05) is 12.1 Å². The zero-order valence-electron chi connectivity index (χ0n) is 10.2. The lowest BCUT2D eigenvalue weighted by Crippen LogP contribution is -2.40. The number of nitrogens with zero attached hydrogens (tertiary/aromatic N) is 1. The molecule has 0 aromatic heterocycles. The van der Waals surface area contributed by atoms with E-state index in [0.29, 0.717) is 18.0 Å². The molecule has 0 N–H and O–H groups in total. The summed E-state index contributed by atoms with van der Waals surface area (Å²) < 4.78 is 31.8. The van der Waals surface area contributed by atoms with Gasteiger partial charge < -0.3 is 4.74 Å². The number of halogens is 1. The molecule has 1 aliphatic heterocycles. The Morgan fingerprint density at radius 1 is 1.44 bits per heavy atom. The third-order valence-corrected chi connectivity index (χ3v) is 5.58. The summed E-state index contributed by atoms with van der Waals surface area (Å²) in [5.74, 6) is 0. The van der Waals surface area contributed by atoms with Crippen molar-refractivity contribution in [3.8, 4) is 0 Å². The van der Waals surface area contributed by atoms with Crippen LogP contribution in [0.4, 0.5) is 0 Å². The Labute approximate surface area is 116 Å². The van der Waals surface area contributed by atoms with Crippen molar-refractivity contribution in [1.82, 2.24) is 4.31 Å². The molecule has 1 aromatic rings.